The summed E-state index contributed by atoms with van der Waals surface area (Å²) in [5.41, 5.74) is 4.49. The summed E-state index contributed by atoms with van der Waals surface area (Å²) < 4.78 is 1.62. The maximum absolute atomic E-state index is 12.4. The van der Waals surface area contributed by atoms with Crippen molar-refractivity contribution in [2.75, 3.05) is 12.0 Å². The lowest BCUT2D eigenvalue weighted by molar-refractivity contribution is -0.116. The van der Waals surface area contributed by atoms with E-state index in [4.69, 9.17) is 0 Å². The lowest BCUT2D eigenvalue weighted by Gasteiger charge is -2.56. The number of imidazole rings is 1. The lowest BCUT2D eigenvalue weighted by Crippen LogP contribution is -2.61. The van der Waals surface area contributed by atoms with E-state index in [-0.39, 0.29) is 23.9 Å². The fraction of sp³-hybridized carbons (Fsp3) is 0.571. The first-order valence-corrected chi connectivity index (χ1v) is 10.4. The Hall–Kier alpha value is -2.57. The smallest absolute Gasteiger partial charge is 0.315 e. The fourth-order valence-corrected chi connectivity index (χ4v) is 6.08. The van der Waals surface area contributed by atoms with E-state index in [0.717, 1.165) is 48.0 Å². The number of rotatable bonds is 5. The van der Waals surface area contributed by atoms with Crippen molar-refractivity contribution in [1.82, 2.24) is 20.3 Å². The van der Waals surface area contributed by atoms with Crippen molar-refractivity contribution >= 4 is 23.0 Å². The Bertz CT molecular complexity index is 870. The van der Waals surface area contributed by atoms with Crippen LogP contribution in [0.1, 0.15) is 44.9 Å². The quantitative estimate of drug-likeness (QED) is 0.744. The number of carbonyl (C=O) groups is 2. The maximum Gasteiger partial charge on any atom is 0.315 e. The number of hydrogen-bond donors (Lipinski definition) is 3. The van der Waals surface area contributed by atoms with Crippen LogP contribution in [0.4, 0.5) is 4.79 Å². The minimum Gasteiger partial charge on any atom is -0.338 e. The second-order valence-corrected chi connectivity index (χ2v) is 8.97. The third-order valence-electron chi connectivity index (χ3n) is 6.75. The monoisotopic (exact) mass is 381 g/mol. The lowest BCUT2D eigenvalue weighted by atomic mass is 9.53. The second kappa shape index (κ2) is 6.79. The molecule has 4 saturated carbocycles. The molecule has 1 aromatic carbocycles. The topological polar surface area (TPSA) is 88.0 Å². The van der Waals surface area contributed by atoms with Crippen molar-refractivity contribution in [2.45, 2.75) is 50.5 Å². The molecule has 1 aromatic heterocycles. The van der Waals surface area contributed by atoms with Gasteiger partial charge in [0.15, 0.2) is 0 Å². The van der Waals surface area contributed by atoms with Crippen molar-refractivity contribution in [3.63, 3.8) is 0 Å². The van der Waals surface area contributed by atoms with Gasteiger partial charge in [0.1, 0.15) is 6.33 Å². The summed E-state index contributed by atoms with van der Waals surface area (Å²) in [5.74, 6) is 2.23. The summed E-state index contributed by atoms with van der Waals surface area (Å²) in [6.07, 6.45) is 9.25. The van der Waals surface area contributed by atoms with Crippen LogP contribution >= 0.6 is 0 Å². The van der Waals surface area contributed by atoms with Gasteiger partial charge in [-0.3, -0.25) is 10.2 Å². The Morgan fingerprint density at radius 3 is 2.46 bits per heavy atom. The van der Waals surface area contributed by atoms with Crippen molar-refractivity contribution in [1.29, 1.82) is 0 Å². The molecular formula is C21H27N5O2. The van der Waals surface area contributed by atoms with Gasteiger partial charge in [0.05, 0.1) is 11.0 Å². The van der Waals surface area contributed by atoms with Gasteiger partial charge in [-0.15, -0.1) is 0 Å². The van der Waals surface area contributed by atoms with Gasteiger partial charge in [-0.05, 0) is 68.4 Å². The number of amides is 3. The summed E-state index contributed by atoms with van der Waals surface area (Å²) in [7, 11) is 0. The second-order valence-electron chi connectivity index (χ2n) is 8.97. The van der Waals surface area contributed by atoms with E-state index < -0.39 is 0 Å². The van der Waals surface area contributed by atoms with Gasteiger partial charge >= 0.3 is 6.03 Å². The summed E-state index contributed by atoms with van der Waals surface area (Å²) in [5, 5.41) is 6.14. The predicted octanol–water partition coefficient (Wildman–Crippen LogP) is 2.76. The highest BCUT2D eigenvalue weighted by atomic mass is 16.2. The molecule has 7 heteroatoms. The predicted molar refractivity (Wildman–Crippen MR) is 106 cm³/mol. The first-order chi connectivity index (χ1) is 13.6. The molecule has 0 unspecified atom stereocenters. The van der Waals surface area contributed by atoms with E-state index >= 15 is 0 Å². The third kappa shape index (κ3) is 3.34. The number of aromatic nitrogens is 2. The number of benzene rings is 1. The Morgan fingerprint density at radius 2 is 1.75 bits per heavy atom. The standard InChI is InChI=1S/C21H27N5O2/c27-19(25-26-13-23-17-3-1-2-4-18(17)26)5-6-22-20(28)24-21-10-14-7-15(11-21)9-16(8-14)12-21/h1-4,13-16H,5-12H2,(H,25,27)(H2,22,24,28). The van der Waals surface area contributed by atoms with Gasteiger partial charge in [0.2, 0.25) is 5.91 Å². The summed E-state index contributed by atoms with van der Waals surface area (Å²) >= 11 is 0. The number of hydrogen-bond acceptors (Lipinski definition) is 3. The van der Waals surface area contributed by atoms with E-state index in [1.807, 2.05) is 24.3 Å². The van der Waals surface area contributed by atoms with Crippen LogP contribution in [0, 0.1) is 17.8 Å². The number of nitrogens with zero attached hydrogens (tertiary/aromatic N) is 2. The summed E-state index contributed by atoms with van der Waals surface area (Å²) in [4.78, 5) is 28.9. The molecule has 0 spiro atoms. The Morgan fingerprint density at radius 1 is 1.07 bits per heavy atom. The van der Waals surface area contributed by atoms with Crippen molar-refractivity contribution in [2.24, 2.45) is 17.8 Å². The van der Waals surface area contributed by atoms with Crippen LogP contribution in [0.25, 0.3) is 11.0 Å². The normalized spacial score (nSPS) is 30.4. The van der Waals surface area contributed by atoms with Crippen molar-refractivity contribution in [3.05, 3.63) is 30.6 Å². The average molecular weight is 381 g/mol. The molecule has 0 atom stereocenters. The zero-order valence-electron chi connectivity index (χ0n) is 16.0. The van der Waals surface area contributed by atoms with Crippen LogP contribution in [-0.2, 0) is 4.79 Å². The van der Waals surface area contributed by atoms with E-state index in [9.17, 15) is 9.59 Å². The van der Waals surface area contributed by atoms with Gasteiger partial charge in [-0.25, -0.2) is 14.5 Å². The van der Waals surface area contributed by atoms with Crippen LogP contribution in [0.5, 0.6) is 0 Å². The zero-order valence-corrected chi connectivity index (χ0v) is 16.0. The van der Waals surface area contributed by atoms with Gasteiger partial charge < -0.3 is 10.6 Å². The largest absolute Gasteiger partial charge is 0.338 e. The van der Waals surface area contributed by atoms with Crippen molar-refractivity contribution in [3.8, 4) is 0 Å². The molecule has 6 rings (SSSR count). The van der Waals surface area contributed by atoms with Crippen LogP contribution in [0.2, 0.25) is 0 Å². The molecule has 4 fully saturated rings. The molecule has 7 nitrogen and oxygen atoms in total. The molecule has 3 N–H and O–H groups in total. The SMILES string of the molecule is O=C(CCNC(=O)NC12CC3CC(CC(C3)C1)C2)Nn1cnc2ccccc21. The molecule has 148 valence electrons. The number of nitrogens with one attached hydrogen (secondary N) is 3. The van der Waals surface area contributed by atoms with Crippen LogP contribution in [-0.4, -0.2) is 33.7 Å². The molecule has 0 saturated heterocycles. The minimum absolute atomic E-state index is 0.00316. The Balaban J connectivity index is 1.10. The highest BCUT2D eigenvalue weighted by Crippen LogP contribution is 2.55. The fourth-order valence-electron chi connectivity index (χ4n) is 6.08. The molecule has 0 aliphatic heterocycles. The Labute approximate surface area is 164 Å². The van der Waals surface area contributed by atoms with Gasteiger partial charge in [-0.1, -0.05) is 12.1 Å². The number of carbonyl (C=O) groups excluding carboxylic acids is 2. The summed E-state index contributed by atoms with van der Waals surface area (Å²) in [6, 6.07) is 7.48. The summed E-state index contributed by atoms with van der Waals surface area (Å²) in [6.45, 7) is 0.316. The van der Waals surface area contributed by atoms with Gasteiger partial charge in [0.25, 0.3) is 0 Å². The molecule has 3 amide bonds. The highest BCUT2D eigenvalue weighted by molar-refractivity contribution is 5.87. The van der Waals surface area contributed by atoms with Gasteiger partial charge in [-0.2, -0.15) is 0 Å². The molecule has 1 heterocycles. The molecule has 28 heavy (non-hydrogen) atoms. The number of para-hydroxylation sites is 2. The van der Waals surface area contributed by atoms with Crippen LogP contribution < -0.4 is 16.1 Å². The van der Waals surface area contributed by atoms with E-state index in [0.29, 0.717) is 6.54 Å². The first kappa shape index (κ1) is 17.5. The molecule has 4 aliphatic rings. The van der Waals surface area contributed by atoms with Crippen LogP contribution in [0.15, 0.2) is 30.6 Å². The molecular weight excluding hydrogens is 354 g/mol. The molecule has 4 bridgehead atoms. The number of urea groups is 1. The Kier molecular flexibility index (Phi) is 4.25. The maximum atomic E-state index is 12.4. The minimum atomic E-state index is -0.154. The third-order valence-corrected chi connectivity index (χ3v) is 6.75. The average Bonchev–Trinajstić information content (AvgIpc) is 3.03. The molecule has 2 aromatic rings. The zero-order chi connectivity index (χ0) is 19.1. The molecule has 4 aliphatic carbocycles. The van der Waals surface area contributed by atoms with E-state index in [1.54, 1.807) is 11.0 Å². The van der Waals surface area contributed by atoms with Gasteiger partial charge in [0, 0.05) is 18.5 Å². The van der Waals surface area contributed by atoms with Crippen molar-refractivity contribution < 1.29 is 9.59 Å². The van der Waals surface area contributed by atoms with E-state index in [1.165, 1.54) is 19.3 Å². The van der Waals surface area contributed by atoms with E-state index in [2.05, 4.69) is 21.0 Å². The molecule has 0 radical (unpaired) electrons. The van der Waals surface area contributed by atoms with Crippen LogP contribution in [0.3, 0.4) is 0 Å². The number of fused-ring (bicyclic) bond motifs is 1. The first-order valence-electron chi connectivity index (χ1n) is 10.4. The highest BCUT2D eigenvalue weighted by Gasteiger charge is 2.51.